The third-order valence-electron chi connectivity index (χ3n) is 4.63. The number of benzene rings is 2. The highest BCUT2D eigenvalue weighted by Crippen LogP contribution is 2.33. The number of aryl methyl sites for hydroxylation is 1. The van der Waals surface area contributed by atoms with Crippen molar-refractivity contribution in [2.24, 2.45) is 0 Å². The van der Waals surface area contributed by atoms with Crippen molar-refractivity contribution in [3.05, 3.63) is 65.7 Å². The molecule has 3 N–H and O–H groups in total. The van der Waals surface area contributed by atoms with Gasteiger partial charge in [-0.3, -0.25) is 0 Å². The van der Waals surface area contributed by atoms with Gasteiger partial charge in [0.2, 0.25) is 0 Å². The maximum atomic E-state index is 11.4. The standard InChI is InChI=1S/C20H20N4O/c1-21-20(25)22-15-8-10-17-14(12-15)7-11-19(23-17)24-18-9-6-13-4-2-3-5-16(13)18/h2-5,7-8,10-12,18H,6,9H2,1H3,(H,23,24)(H2,21,22,25). The van der Waals surface area contributed by atoms with Gasteiger partial charge in [0, 0.05) is 18.1 Å². The van der Waals surface area contributed by atoms with Crippen molar-refractivity contribution < 1.29 is 4.79 Å². The number of hydrogen-bond acceptors (Lipinski definition) is 3. The van der Waals surface area contributed by atoms with Crippen LogP contribution >= 0.6 is 0 Å². The van der Waals surface area contributed by atoms with Crippen LogP contribution in [0.5, 0.6) is 0 Å². The number of carbonyl (C=O) groups is 1. The van der Waals surface area contributed by atoms with Gasteiger partial charge in [0.05, 0.1) is 11.6 Å². The Morgan fingerprint density at radius 3 is 2.88 bits per heavy atom. The molecular weight excluding hydrogens is 312 g/mol. The molecule has 5 nitrogen and oxygen atoms in total. The zero-order chi connectivity index (χ0) is 17.2. The quantitative estimate of drug-likeness (QED) is 0.677. The van der Waals surface area contributed by atoms with Gasteiger partial charge in [0.15, 0.2) is 0 Å². The summed E-state index contributed by atoms with van der Waals surface area (Å²) in [7, 11) is 1.59. The minimum Gasteiger partial charge on any atom is -0.363 e. The van der Waals surface area contributed by atoms with Crippen molar-refractivity contribution in [3.8, 4) is 0 Å². The number of nitrogens with one attached hydrogen (secondary N) is 3. The molecule has 4 rings (SSSR count). The predicted octanol–water partition coefficient (Wildman–Crippen LogP) is 4.09. The molecule has 1 aliphatic rings. The lowest BCUT2D eigenvalue weighted by Gasteiger charge is -2.15. The van der Waals surface area contributed by atoms with E-state index < -0.39 is 0 Å². The number of fused-ring (bicyclic) bond motifs is 2. The van der Waals surface area contributed by atoms with Gasteiger partial charge in [-0.2, -0.15) is 0 Å². The molecule has 1 unspecified atom stereocenters. The highest BCUT2D eigenvalue weighted by Gasteiger charge is 2.21. The summed E-state index contributed by atoms with van der Waals surface area (Å²) in [6.45, 7) is 0. The molecule has 0 fully saturated rings. The average molecular weight is 332 g/mol. The van der Waals surface area contributed by atoms with Crippen LogP contribution in [0, 0.1) is 0 Å². The minimum atomic E-state index is -0.231. The van der Waals surface area contributed by atoms with Crippen LogP contribution in [-0.4, -0.2) is 18.1 Å². The van der Waals surface area contributed by atoms with Crippen molar-refractivity contribution in [1.82, 2.24) is 10.3 Å². The molecule has 0 bridgehead atoms. The predicted molar refractivity (Wildman–Crippen MR) is 101 cm³/mol. The SMILES string of the molecule is CNC(=O)Nc1ccc2nc(NC3CCc4ccccc43)ccc2c1. The van der Waals surface area contributed by atoms with Gasteiger partial charge in [-0.15, -0.1) is 0 Å². The molecule has 1 aromatic heterocycles. The molecule has 1 aliphatic carbocycles. The van der Waals surface area contributed by atoms with Crippen LogP contribution in [0.25, 0.3) is 10.9 Å². The Bertz CT molecular complexity index is 938. The fourth-order valence-corrected chi connectivity index (χ4v) is 3.36. The normalized spacial score (nSPS) is 15.6. The maximum absolute atomic E-state index is 11.4. The van der Waals surface area contributed by atoms with Crippen LogP contribution in [0.15, 0.2) is 54.6 Å². The molecule has 0 radical (unpaired) electrons. The number of carbonyl (C=O) groups excluding carboxylic acids is 1. The third-order valence-corrected chi connectivity index (χ3v) is 4.63. The first-order valence-corrected chi connectivity index (χ1v) is 8.47. The number of urea groups is 1. The highest BCUT2D eigenvalue weighted by atomic mass is 16.2. The van der Waals surface area contributed by atoms with Gasteiger partial charge < -0.3 is 16.0 Å². The molecule has 2 aromatic carbocycles. The lowest BCUT2D eigenvalue weighted by Crippen LogP contribution is -2.24. The highest BCUT2D eigenvalue weighted by molar-refractivity contribution is 5.92. The van der Waals surface area contributed by atoms with E-state index >= 15 is 0 Å². The molecule has 1 heterocycles. The van der Waals surface area contributed by atoms with Gasteiger partial charge in [-0.1, -0.05) is 24.3 Å². The lowest BCUT2D eigenvalue weighted by molar-refractivity contribution is 0.254. The zero-order valence-electron chi connectivity index (χ0n) is 14.0. The molecule has 3 aromatic rings. The number of anilines is 2. The van der Waals surface area contributed by atoms with E-state index in [0.717, 1.165) is 35.2 Å². The summed E-state index contributed by atoms with van der Waals surface area (Å²) in [5.74, 6) is 0.876. The summed E-state index contributed by atoms with van der Waals surface area (Å²) >= 11 is 0. The molecule has 25 heavy (non-hydrogen) atoms. The summed E-state index contributed by atoms with van der Waals surface area (Å²) in [6.07, 6.45) is 2.20. The smallest absolute Gasteiger partial charge is 0.318 e. The molecule has 1 atom stereocenters. The number of aromatic nitrogens is 1. The van der Waals surface area contributed by atoms with Crippen LogP contribution in [0.1, 0.15) is 23.6 Å². The number of nitrogens with zero attached hydrogens (tertiary/aromatic N) is 1. The topological polar surface area (TPSA) is 66.0 Å². The molecule has 126 valence electrons. The van der Waals surface area contributed by atoms with Crippen LogP contribution < -0.4 is 16.0 Å². The molecule has 0 spiro atoms. The van der Waals surface area contributed by atoms with E-state index in [2.05, 4.69) is 40.2 Å². The largest absolute Gasteiger partial charge is 0.363 e. The number of amides is 2. The van der Waals surface area contributed by atoms with Crippen molar-refractivity contribution in [1.29, 1.82) is 0 Å². The van der Waals surface area contributed by atoms with Crippen molar-refractivity contribution in [3.63, 3.8) is 0 Å². The maximum Gasteiger partial charge on any atom is 0.318 e. The summed E-state index contributed by atoms with van der Waals surface area (Å²) < 4.78 is 0. The lowest BCUT2D eigenvalue weighted by atomic mass is 10.1. The zero-order valence-corrected chi connectivity index (χ0v) is 14.0. The first-order valence-electron chi connectivity index (χ1n) is 8.47. The molecule has 0 saturated heterocycles. The second kappa shape index (κ2) is 6.43. The second-order valence-corrected chi connectivity index (χ2v) is 6.24. The fraction of sp³-hybridized carbons (Fsp3) is 0.200. The Hall–Kier alpha value is -3.08. The van der Waals surface area contributed by atoms with Crippen molar-refractivity contribution >= 4 is 28.4 Å². The third kappa shape index (κ3) is 3.13. The van der Waals surface area contributed by atoms with E-state index in [9.17, 15) is 4.79 Å². The number of hydrogen-bond donors (Lipinski definition) is 3. The molecule has 0 aliphatic heterocycles. The fourth-order valence-electron chi connectivity index (χ4n) is 3.36. The van der Waals surface area contributed by atoms with Crippen LogP contribution in [-0.2, 0) is 6.42 Å². The first-order chi connectivity index (χ1) is 12.2. The number of pyridine rings is 1. The second-order valence-electron chi connectivity index (χ2n) is 6.24. The van der Waals surface area contributed by atoms with Crippen LogP contribution in [0.3, 0.4) is 0 Å². The minimum absolute atomic E-state index is 0.231. The van der Waals surface area contributed by atoms with E-state index in [1.165, 1.54) is 11.1 Å². The van der Waals surface area contributed by atoms with Crippen molar-refractivity contribution in [2.45, 2.75) is 18.9 Å². The van der Waals surface area contributed by atoms with E-state index in [1.54, 1.807) is 7.05 Å². The Balaban J connectivity index is 1.56. The molecule has 0 saturated carbocycles. The Morgan fingerprint density at radius 1 is 1.12 bits per heavy atom. The van der Waals surface area contributed by atoms with Gasteiger partial charge in [-0.05, 0) is 54.3 Å². The van der Waals surface area contributed by atoms with E-state index in [4.69, 9.17) is 4.98 Å². The van der Waals surface area contributed by atoms with Gasteiger partial charge in [0.1, 0.15) is 5.82 Å². The molecule has 5 heteroatoms. The van der Waals surface area contributed by atoms with E-state index in [0.29, 0.717) is 6.04 Å². The summed E-state index contributed by atoms with van der Waals surface area (Å²) in [5, 5.41) is 9.86. The van der Waals surface area contributed by atoms with E-state index in [-0.39, 0.29) is 6.03 Å². The summed E-state index contributed by atoms with van der Waals surface area (Å²) in [4.78, 5) is 16.1. The molecule has 2 amide bonds. The molecular formula is C20H20N4O. The van der Waals surface area contributed by atoms with Gasteiger partial charge in [-0.25, -0.2) is 9.78 Å². The Labute approximate surface area is 146 Å². The summed E-state index contributed by atoms with van der Waals surface area (Å²) in [5.41, 5.74) is 4.44. The number of rotatable bonds is 3. The monoisotopic (exact) mass is 332 g/mol. The summed E-state index contributed by atoms with van der Waals surface area (Å²) in [6, 6.07) is 18.4. The van der Waals surface area contributed by atoms with E-state index in [1.807, 2.05) is 30.3 Å². The van der Waals surface area contributed by atoms with Gasteiger partial charge in [0.25, 0.3) is 0 Å². The van der Waals surface area contributed by atoms with Crippen LogP contribution in [0.4, 0.5) is 16.3 Å². The van der Waals surface area contributed by atoms with Crippen LogP contribution in [0.2, 0.25) is 0 Å². The Morgan fingerprint density at radius 2 is 2.00 bits per heavy atom. The average Bonchev–Trinajstić information content (AvgIpc) is 3.05. The first kappa shape index (κ1) is 15.4. The Kier molecular flexibility index (Phi) is 3.98. The van der Waals surface area contributed by atoms with Crippen molar-refractivity contribution in [2.75, 3.05) is 17.7 Å². The van der Waals surface area contributed by atoms with Gasteiger partial charge >= 0.3 is 6.03 Å².